The summed E-state index contributed by atoms with van der Waals surface area (Å²) < 4.78 is 17.9. The van der Waals surface area contributed by atoms with E-state index in [4.69, 9.17) is 4.74 Å². The molecule has 2 aromatic rings. The van der Waals surface area contributed by atoms with Crippen molar-refractivity contribution in [2.45, 2.75) is 13.3 Å². The van der Waals surface area contributed by atoms with Crippen LogP contribution in [0.2, 0.25) is 0 Å². The van der Waals surface area contributed by atoms with Gasteiger partial charge in [-0.25, -0.2) is 14.2 Å². The van der Waals surface area contributed by atoms with Crippen molar-refractivity contribution in [3.8, 4) is 0 Å². The van der Waals surface area contributed by atoms with Crippen molar-refractivity contribution in [1.82, 2.24) is 4.98 Å². The van der Waals surface area contributed by atoms with Crippen LogP contribution in [0.5, 0.6) is 0 Å². The maximum absolute atomic E-state index is 13.1. The topological polar surface area (TPSA) is 51.2 Å². The summed E-state index contributed by atoms with van der Waals surface area (Å²) in [6, 6.07) is 5.99. The molecule has 0 saturated heterocycles. The van der Waals surface area contributed by atoms with Gasteiger partial charge >= 0.3 is 6.09 Å². The van der Waals surface area contributed by atoms with Crippen LogP contribution in [0.3, 0.4) is 0 Å². The Bertz CT molecular complexity index is 572. The highest BCUT2D eigenvalue weighted by Gasteiger charge is 2.05. The van der Waals surface area contributed by atoms with Crippen LogP contribution in [0, 0.1) is 5.82 Å². The molecule has 18 heavy (non-hydrogen) atoms. The number of hydrogen-bond donors (Lipinski definition) is 1. The normalized spacial score (nSPS) is 10.3. The number of ether oxygens (including phenoxy) is 1. The first-order valence-corrected chi connectivity index (χ1v) is 5.68. The van der Waals surface area contributed by atoms with Crippen LogP contribution in [-0.4, -0.2) is 17.7 Å². The van der Waals surface area contributed by atoms with E-state index in [0.717, 1.165) is 11.8 Å². The molecule has 1 heterocycles. The number of benzene rings is 1. The molecule has 5 heteroatoms. The van der Waals surface area contributed by atoms with E-state index in [1.807, 2.05) is 6.92 Å². The van der Waals surface area contributed by atoms with E-state index in [9.17, 15) is 9.18 Å². The third-order valence-electron chi connectivity index (χ3n) is 2.35. The van der Waals surface area contributed by atoms with Crippen molar-refractivity contribution in [3.63, 3.8) is 0 Å². The third-order valence-corrected chi connectivity index (χ3v) is 2.35. The lowest BCUT2D eigenvalue weighted by molar-refractivity contribution is 0.161. The minimum atomic E-state index is -0.555. The summed E-state index contributed by atoms with van der Waals surface area (Å²) in [5.41, 5.74) is 0. The number of nitrogens with zero attached hydrogens (tertiary/aromatic N) is 1. The van der Waals surface area contributed by atoms with Crippen LogP contribution in [0.4, 0.5) is 15.0 Å². The molecule has 0 atom stereocenters. The van der Waals surface area contributed by atoms with E-state index in [0.29, 0.717) is 17.8 Å². The van der Waals surface area contributed by atoms with Gasteiger partial charge in [-0.05, 0) is 36.1 Å². The Morgan fingerprint density at radius 1 is 1.39 bits per heavy atom. The second kappa shape index (κ2) is 5.44. The van der Waals surface area contributed by atoms with Crippen molar-refractivity contribution in [3.05, 3.63) is 36.3 Å². The molecule has 0 aliphatic carbocycles. The van der Waals surface area contributed by atoms with Crippen LogP contribution in [0.15, 0.2) is 30.5 Å². The van der Waals surface area contributed by atoms with E-state index >= 15 is 0 Å². The minimum absolute atomic E-state index is 0.326. The average Bonchev–Trinajstić information content (AvgIpc) is 2.36. The predicted molar refractivity (Wildman–Crippen MR) is 67.0 cm³/mol. The maximum atomic E-state index is 13.1. The number of carbonyl (C=O) groups excluding carboxylic acids is 1. The van der Waals surface area contributed by atoms with Gasteiger partial charge in [0.05, 0.1) is 6.61 Å². The second-order valence-electron chi connectivity index (χ2n) is 3.82. The van der Waals surface area contributed by atoms with Crippen LogP contribution < -0.4 is 5.32 Å². The van der Waals surface area contributed by atoms with Crippen LogP contribution >= 0.6 is 0 Å². The van der Waals surface area contributed by atoms with Gasteiger partial charge in [0.25, 0.3) is 0 Å². The highest BCUT2D eigenvalue weighted by atomic mass is 19.1. The Hall–Kier alpha value is -2.17. The fourth-order valence-electron chi connectivity index (χ4n) is 1.52. The number of amides is 1. The van der Waals surface area contributed by atoms with Gasteiger partial charge in [0.15, 0.2) is 0 Å². The molecule has 1 aromatic heterocycles. The van der Waals surface area contributed by atoms with Crippen LogP contribution in [0.25, 0.3) is 10.8 Å². The van der Waals surface area contributed by atoms with Gasteiger partial charge in [-0.15, -0.1) is 0 Å². The number of carbonyl (C=O) groups is 1. The Labute approximate surface area is 104 Å². The predicted octanol–water partition coefficient (Wildman–Crippen LogP) is 3.33. The van der Waals surface area contributed by atoms with Gasteiger partial charge in [-0.3, -0.25) is 5.32 Å². The highest BCUT2D eigenvalue weighted by Crippen LogP contribution is 2.17. The number of rotatable bonds is 3. The van der Waals surface area contributed by atoms with Crippen molar-refractivity contribution >= 4 is 22.7 Å². The second-order valence-corrected chi connectivity index (χ2v) is 3.82. The molecule has 0 saturated carbocycles. The van der Waals surface area contributed by atoms with Gasteiger partial charge < -0.3 is 4.74 Å². The third kappa shape index (κ3) is 2.94. The van der Waals surface area contributed by atoms with Crippen molar-refractivity contribution < 1.29 is 13.9 Å². The summed E-state index contributed by atoms with van der Waals surface area (Å²) >= 11 is 0. The molecule has 4 nitrogen and oxygen atoms in total. The van der Waals surface area contributed by atoms with E-state index in [1.165, 1.54) is 12.1 Å². The first-order valence-electron chi connectivity index (χ1n) is 5.68. The van der Waals surface area contributed by atoms with Gasteiger partial charge in [-0.2, -0.15) is 0 Å². The van der Waals surface area contributed by atoms with Gasteiger partial charge in [0.2, 0.25) is 0 Å². The van der Waals surface area contributed by atoms with Crippen molar-refractivity contribution in [1.29, 1.82) is 0 Å². The lowest BCUT2D eigenvalue weighted by Crippen LogP contribution is -2.14. The Balaban J connectivity index is 2.16. The lowest BCUT2D eigenvalue weighted by atomic mass is 10.2. The zero-order chi connectivity index (χ0) is 13.0. The van der Waals surface area contributed by atoms with E-state index in [1.54, 1.807) is 18.3 Å². The number of anilines is 1. The molecule has 0 aliphatic heterocycles. The molecule has 0 fully saturated rings. The molecule has 1 N–H and O–H groups in total. The van der Waals surface area contributed by atoms with Crippen LogP contribution in [-0.2, 0) is 4.74 Å². The number of hydrogen-bond acceptors (Lipinski definition) is 3. The fraction of sp³-hybridized carbons (Fsp3) is 0.231. The molecule has 0 spiro atoms. The summed E-state index contributed by atoms with van der Waals surface area (Å²) in [6.07, 6.45) is 1.77. The SMILES string of the molecule is CCCOC(=O)Nc1cc2cc(F)ccc2cn1. The smallest absolute Gasteiger partial charge is 0.412 e. The molecule has 0 radical (unpaired) electrons. The molecule has 0 bridgehead atoms. The number of nitrogens with one attached hydrogen (secondary N) is 1. The molecule has 2 rings (SSSR count). The average molecular weight is 248 g/mol. The molecular weight excluding hydrogens is 235 g/mol. The molecule has 94 valence electrons. The van der Waals surface area contributed by atoms with Gasteiger partial charge in [0.1, 0.15) is 11.6 Å². The summed E-state index contributed by atoms with van der Waals surface area (Å²) in [5.74, 6) is 0.0161. The van der Waals surface area contributed by atoms with E-state index in [-0.39, 0.29) is 5.82 Å². The first-order chi connectivity index (χ1) is 8.69. The quantitative estimate of drug-likeness (QED) is 0.906. The molecular formula is C13H13FN2O2. The number of halogens is 1. The Morgan fingerprint density at radius 3 is 3.00 bits per heavy atom. The first kappa shape index (κ1) is 12.3. The molecule has 1 aromatic carbocycles. The van der Waals surface area contributed by atoms with Gasteiger partial charge in [-0.1, -0.05) is 6.92 Å². The minimum Gasteiger partial charge on any atom is -0.449 e. The standard InChI is InChI=1S/C13H13FN2O2/c1-2-5-18-13(17)16-12-7-10-6-11(14)4-3-9(10)8-15-12/h3-4,6-8H,2,5H2,1H3,(H,15,16,17). The fourth-order valence-corrected chi connectivity index (χ4v) is 1.52. The van der Waals surface area contributed by atoms with Crippen LogP contribution in [0.1, 0.15) is 13.3 Å². The van der Waals surface area contributed by atoms with E-state index < -0.39 is 6.09 Å². The summed E-state index contributed by atoms with van der Waals surface area (Å²) in [4.78, 5) is 15.4. The zero-order valence-corrected chi connectivity index (χ0v) is 9.94. The monoisotopic (exact) mass is 248 g/mol. The number of aromatic nitrogens is 1. The summed E-state index contributed by atoms with van der Waals surface area (Å²) in [5, 5.41) is 3.98. The highest BCUT2D eigenvalue weighted by molar-refractivity contribution is 5.89. The zero-order valence-electron chi connectivity index (χ0n) is 9.94. The van der Waals surface area contributed by atoms with Gasteiger partial charge in [0, 0.05) is 11.6 Å². The Morgan fingerprint density at radius 2 is 2.22 bits per heavy atom. The summed E-state index contributed by atoms with van der Waals surface area (Å²) in [7, 11) is 0. The maximum Gasteiger partial charge on any atom is 0.412 e. The molecule has 1 amide bonds. The number of pyridine rings is 1. The van der Waals surface area contributed by atoms with E-state index in [2.05, 4.69) is 10.3 Å². The lowest BCUT2D eigenvalue weighted by Gasteiger charge is -2.06. The Kier molecular flexibility index (Phi) is 3.72. The number of fused-ring (bicyclic) bond motifs is 1. The van der Waals surface area contributed by atoms with Crippen molar-refractivity contribution in [2.75, 3.05) is 11.9 Å². The molecule has 0 unspecified atom stereocenters. The molecule has 0 aliphatic rings. The van der Waals surface area contributed by atoms with Crippen molar-refractivity contribution in [2.24, 2.45) is 0 Å². The summed E-state index contributed by atoms with van der Waals surface area (Å²) in [6.45, 7) is 2.26. The largest absolute Gasteiger partial charge is 0.449 e.